The van der Waals surface area contributed by atoms with Gasteiger partial charge in [0.1, 0.15) is 5.78 Å². The Kier molecular flexibility index (Phi) is 5.97. The molecule has 1 fully saturated rings. The van der Waals surface area contributed by atoms with Crippen LogP contribution >= 0.6 is 0 Å². The molecular formula is C18H24O3. The van der Waals surface area contributed by atoms with Crippen LogP contribution < -0.4 is 0 Å². The highest BCUT2D eigenvalue weighted by Crippen LogP contribution is 2.34. The van der Waals surface area contributed by atoms with E-state index in [0.29, 0.717) is 19.4 Å². The van der Waals surface area contributed by atoms with Crippen molar-refractivity contribution in [2.24, 2.45) is 5.92 Å². The fourth-order valence-electron chi connectivity index (χ4n) is 2.99. The van der Waals surface area contributed by atoms with Gasteiger partial charge in [0.05, 0.1) is 12.5 Å². The van der Waals surface area contributed by atoms with Crippen molar-refractivity contribution in [3.63, 3.8) is 0 Å². The second kappa shape index (κ2) is 7.96. The van der Waals surface area contributed by atoms with E-state index in [-0.39, 0.29) is 17.7 Å². The molecule has 3 nitrogen and oxygen atoms in total. The van der Waals surface area contributed by atoms with E-state index in [2.05, 4.69) is 6.92 Å². The molecular weight excluding hydrogens is 264 g/mol. The predicted molar refractivity (Wildman–Crippen MR) is 82.0 cm³/mol. The number of carbonyl (C=O) groups is 2. The fourth-order valence-corrected chi connectivity index (χ4v) is 2.99. The zero-order valence-electron chi connectivity index (χ0n) is 12.7. The van der Waals surface area contributed by atoms with Crippen LogP contribution in [0.15, 0.2) is 30.3 Å². The van der Waals surface area contributed by atoms with Crippen molar-refractivity contribution in [1.29, 1.82) is 0 Å². The largest absolute Gasteiger partial charge is 0.465 e. The van der Waals surface area contributed by atoms with Gasteiger partial charge in [0.25, 0.3) is 0 Å². The molecule has 0 amide bonds. The average Bonchev–Trinajstić information content (AvgIpc) is 2.52. The molecule has 0 spiro atoms. The summed E-state index contributed by atoms with van der Waals surface area (Å²) in [6.07, 6.45) is 5.59. The van der Waals surface area contributed by atoms with Crippen LogP contribution in [0.4, 0.5) is 0 Å². The smallest absolute Gasteiger partial charge is 0.314 e. The van der Waals surface area contributed by atoms with E-state index in [0.717, 1.165) is 24.8 Å². The van der Waals surface area contributed by atoms with E-state index in [1.165, 1.54) is 6.42 Å². The molecule has 1 saturated heterocycles. The first-order chi connectivity index (χ1) is 10.2. The summed E-state index contributed by atoms with van der Waals surface area (Å²) in [5.41, 5.74) is 0.897. The first kappa shape index (κ1) is 15.7. The monoisotopic (exact) mass is 288 g/mol. The molecule has 2 rings (SSSR count). The summed E-state index contributed by atoms with van der Waals surface area (Å²) in [5.74, 6) is -0.662. The summed E-state index contributed by atoms with van der Waals surface area (Å²) in [6.45, 7) is 2.53. The molecule has 0 saturated carbocycles. The quantitative estimate of drug-likeness (QED) is 0.565. The first-order valence-electron chi connectivity index (χ1n) is 7.98. The van der Waals surface area contributed by atoms with Gasteiger partial charge in [0.15, 0.2) is 0 Å². The third kappa shape index (κ3) is 4.16. The third-order valence-corrected chi connectivity index (χ3v) is 4.18. The highest BCUT2D eigenvalue weighted by Gasteiger charge is 2.38. The molecule has 0 radical (unpaired) electrons. The van der Waals surface area contributed by atoms with Gasteiger partial charge in [-0.3, -0.25) is 9.59 Å². The molecule has 0 aliphatic carbocycles. The van der Waals surface area contributed by atoms with E-state index < -0.39 is 5.92 Å². The number of carbonyl (C=O) groups excluding carboxylic acids is 2. The van der Waals surface area contributed by atoms with Gasteiger partial charge in [-0.25, -0.2) is 0 Å². The number of benzene rings is 1. The highest BCUT2D eigenvalue weighted by molar-refractivity contribution is 5.90. The molecule has 1 heterocycles. The fraction of sp³-hybridized carbons (Fsp3) is 0.556. The Hall–Kier alpha value is -1.64. The van der Waals surface area contributed by atoms with Crippen LogP contribution in [-0.2, 0) is 14.3 Å². The molecule has 1 aromatic carbocycles. The summed E-state index contributed by atoms with van der Waals surface area (Å²) in [6, 6.07) is 9.54. The lowest BCUT2D eigenvalue weighted by Crippen LogP contribution is -2.35. The number of ketones is 1. The molecule has 0 bridgehead atoms. The van der Waals surface area contributed by atoms with E-state index in [1.807, 2.05) is 30.3 Å². The van der Waals surface area contributed by atoms with Crippen LogP contribution in [0.5, 0.6) is 0 Å². The number of cyclic esters (lactones) is 1. The van der Waals surface area contributed by atoms with Crippen molar-refractivity contribution in [2.45, 2.75) is 51.4 Å². The maximum atomic E-state index is 12.5. The molecule has 0 N–H and O–H groups in total. The lowest BCUT2D eigenvalue weighted by Gasteiger charge is -2.29. The number of unbranched alkanes of at least 4 members (excludes halogenated alkanes) is 3. The van der Waals surface area contributed by atoms with E-state index in [9.17, 15) is 9.59 Å². The van der Waals surface area contributed by atoms with Gasteiger partial charge in [-0.2, -0.15) is 0 Å². The molecule has 1 aliphatic heterocycles. The van der Waals surface area contributed by atoms with Gasteiger partial charge in [-0.15, -0.1) is 0 Å². The van der Waals surface area contributed by atoms with Crippen molar-refractivity contribution in [3.05, 3.63) is 35.9 Å². The second-order valence-electron chi connectivity index (χ2n) is 5.73. The Labute approximate surface area is 126 Å². The standard InChI is InChI=1S/C18H24O3/c1-2-3-4-8-11-16(19)15-12-13-21-18(20)17(15)14-9-6-5-7-10-14/h5-7,9-10,15,17H,2-4,8,11-13H2,1H3. The van der Waals surface area contributed by atoms with Crippen LogP contribution in [0.1, 0.15) is 56.9 Å². The first-order valence-corrected chi connectivity index (χ1v) is 7.98. The Morgan fingerprint density at radius 2 is 1.95 bits per heavy atom. The van der Waals surface area contributed by atoms with Gasteiger partial charge in [-0.1, -0.05) is 56.5 Å². The molecule has 1 aliphatic rings. The summed E-state index contributed by atoms with van der Waals surface area (Å²) in [4.78, 5) is 24.6. The SMILES string of the molecule is CCCCCCC(=O)C1CCOC(=O)C1c1ccccc1. The number of ether oxygens (including phenoxy) is 1. The molecule has 21 heavy (non-hydrogen) atoms. The molecule has 2 unspecified atom stereocenters. The van der Waals surface area contributed by atoms with Gasteiger partial charge in [0, 0.05) is 12.3 Å². The zero-order chi connectivity index (χ0) is 15.1. The van der Waals surface area contributed by atoms with Crippen LogP contribution in [0, 0.1) is 5.92 Å². The maximum absolute atomic E-state index is 12.5. The van der Waals surface area contributed by atoms with Crippen molar-refractivity contribution in [2.75, 3.05) is 6.61 Å². The van der Waals surface area contributed by atoms with E-state index in [4.69, 9.17) is 4.74 Å². The molecule has 1 aromatic rings. The summed E-state index contributed by atoms with van der Waals surface area (Å²) in [5, 5.41) is 0. The minimum atomic E-state index is -0.418. The van der Waals surface area contributed by atoms with Crippen LogP contribution in [-0.4, -0.2) is 18.4 Å². The van der Waals surface area contributed by atoms with Crippen molar-refractivity contribution in [3.8, 4) is 0 Å². The maximum Gasteiger partial charge on any atom is 0.314 e. The van der Waals surface area contributed by atoms with Gasteiger partial charge < -0.3 is 4.74 Å². The minimum Gasteiger partial charge on any atom is -0.465 e. The number of hydrogen-bond acceptors (Lipinski definition) is 3. The number of hydrogen-bond donors (Lipinski definition) is 0. The van der Waals surface area contributed by atoms with Crippen LogP contribution in [0.2, 0.25) is 0 Å². The summed E-state index contributed by atoms with van der Waals surface area (Å²) < 4.78 is 5.18. The highest BCUT2D eigenvalue weighted by atomic mass is 16.5. The number of Topliss-reactive ketones (excluding diaryl/α,β-unsaturated/α-hetero) is 1. The molecule has 0 aromatic heterocycles. The van der Waals surface area contributed by atoms with Crippen molar-refractivity contribution in [1.82, 2.24) is 0 Å². The van der Waals surface area contributed by atoms with Gasteiger partial charge in [-0.05, 0) is 18.4 Å². The lowest BCUT2D eigenvalue weighted by atomic mass is 9.79. The van der Waals surface area contributed by atoms with Crippen molar-refractivity contribution >= 4 is 11.8 Å². The topological polar surface area (TPSA) is 43.4 Å². The average molecular weight is 288 g/mol. The van der Waals surface area contributed by atoms with Crippen molar-refractivity contribution < 1.29 is 14.3 Å². The normalized spacial score (nSPS) is 21.9. The van der Waals surface area contributed by atoms with Gasteiger partial charge >= 0.3 is 5.97 Å². The molecule has 3 heteroatoms. The Bertz CT molecular complexity index is 467. The minimum absolute atomic E-state index is 0.213. The molecule has 114 valence electrons. The molecule has 2 atom stereocenters. The van der Waals surface area contributed by atoms with Crippen LogP contribution in [0.3, 0.4) is 0 Å². The summed E-state index contributed by atoms with van der Waals surface area (Å²) >= 11 is 0. The Morgan fingerprint density at radius 1 is 1.19 bits per heavy atom. The Morgan fingerprint density at radius 3 is 2.67 bits per heavy atom. The van der Waals surface area contributed by atoms with Gasteiger partial charge in [0.2, 0.25) is 0 Å². The van der Waals surface area contributed by atoms with E-state index in [1.54, 1.807) is 0 Å². The van der Waals surface area contributed by atoms with Crippen LogP contribution in [0.25, 0.3) is 0 Å². The number of esters is 1. The lowest BCUT2D eigenvalue weighted by molar-refractivity contribution is -0.155. The second-order valence-corrected chi connectivity index (χ2v) is 5.73. The number of rotatable bonds is 7. The zero-order valence-corrected chi connectivity index (χ0v) is 12.7. The Balaban J connectivity index is 2.04. The third-order valence-electron chi connectivity index (χ3n) is 4.18. The summed E-state index contributed by atoms with van der Waals surface area (Å²) in [7, 11) is 0. The predicted octanol–water partition coefficient (Wildman–Crippen LogP) is 3.87. The van der Waals surface area contributed by atoms with E-state index >= 15 is 0 Å².